The smallest absolute Gasteiger partial charge is 0.123 e. The third kappa shape index (κ3) is 2.04. The zero-order valence-electron chi connectivity index (χ0n) is 10.0. The quantitative estimate of drug-likeness (QED) is 0.801. The second-order valence-electron chi connectivity index (χ2n) is 5.00. The highest BCUT2D eigenvalue weighted by atomic mass is 19.1. The summed E-state index contributed by atoms with van der Waals surface area (Å²) in [6, 6.07) is 8.46. The summed E-state index contributed by atoms with van der Waals surface area (Å²) in [7, 11) is 0. The lowest BCUT2D eigenvalue weighted by molar-refractivity contribution is 0.219. The number of benzene rings is 1. The Morgan fingerprint density at radius 3 is 3.06 bits per heavy atom. The van der Waals surface area contributed by atoms with Crippen LogP contribution in [0.3, 0.4) is 0 Å². The standard InChI is InChI=1S/C14H19FN2/c15-12-7-8-16-10-14(12)17-9-3-5-11-4-1-2-6-13(11)17/h1-2,4,6,12,14,16H,3,5,7-10H2/t12-,14+/m1/s1. The van der Waals surface area contributed by atoms with Crippen LogP contribution in [0.1, 0.15) is 18.4 Å². The Kier molecular flexibility index (Phi) is 3.02. The molecule has 1 fully saturated rings. The number of nitrogens with one attached hydrogen (secondary N) is 1. The second kappa shape index (κ2) is 4.65. The van der Waals surface area contributed by atoms with Crippen molar-refractivity contribution in [3.8, 4) is 0 Å². The molecule has 0 aliphatic carbocycles. The third-order valence-electron chi connectivity index (χ3n) is 3.91. The van der Waals surface area contributed by atoms with Crippen molar-refractivity contribution in [2.24, 2.45) is 0 Å². The van der Waals surface area contributed by atoms with E-state index in [0.29, 0.717) is 6.42 Å². The van der Waals surface area contributed by atoms with E-state index in [1.807, 2.05) is 0 Å². The van der Waals surface area contributed by atoms with Crippen molar-refractivity contribution in [1.29, 1.82) is 0 Å². The first-order valence-electron chi connectivity index (χ1n) is 6.55. The lowest BCUT2D eigenvalue weighted by Gasteiger charge is -2.41. The van der Waals surface area contributed by atoms with Crippen molar-refractivity contribution in [2.45, 2.75) is 31.5 Å². The van der Waals surface area contributed by atoms with E-state index in [1.54, 1.807) is 0 Å². The van der Waals surface area contributed by atoms with Crippen LogP contribution in [0.5, 0.6) is 0 Å². The van der Waals surface area contributed by atoms with E-state index in [9.17, 15) is 4.39 Å². The molecule has 0 saturated carbocycles. The van der Waals surface area contributed by atoms with Gasteiger partial charge in [-0.1, -0.05) is 18.2 Å². The fourth-order valence-corrected chi connectivity index (χ4v) is 3.02. The summed E-state index contributed by atoms with van der Waals surface area (Å²) >= 11 is 0. The van der Waals surface area contributed by atoms with Crippen molar-refractivity contribution in [3.63, 3.8) is 0 Å². The maximum Gasteiger partial charge on any atom is 0.123 e. The summed E-state index contributed by atoms with van der Waals surface area (Å²) in [4.78, 5) is 2.27. The average molecular weight is 234 g/mol. The number of rotatable bonds is 1. The highest BCUT2D eigenvalue weighted by Crippen LogP contribution is 2.30. The molecule has 2 nitrogen and oxygen atoms in total. The van der Waals surface area contributed by atoms with E-state index in [2.05, 4.69) is 34.5 Å². The predicted octanol–water partition coefficient (Wildman–Crippen LogP) is 2.14. The average Bonchev–Trinajstić information content (AvgIpc) is 2.39. The van der Waals surface area contributed by atoms with Gasteiger partial charge >= 0.3 is 0 Å². The van der Waals surface area contributed by atoms with Gasteiger partial charge in [0.1, 0.15) is 6.17 Å². The molecule has 0 spiro atoms. The van der Waals surface area contributed by atoms with Gasteiger partial charge in [0.25, 0.3) is 0 Å². The van der Waals surface area contributed by atoms with E-state index in [-0.39, 0.29) is 6.04 Å². The van der Waals surface area contributed by atoms with Gasteiger partial charge < -0.3 is 10.2 Å². The van der Waals surface area contributed by atoms with E-state index < -0.39 is 6.17 Å². The molecular weight excluding hydrogens is 215 g/mol. The number of hydrogen-bond donors (Lipinski definition) is 1. The first kappa shape index (κ1) is 11.0. The molecule has 17 heavy (non-hydrogen) atoms. The minimum absolute atomic E-state index is 0.0187. The largest absolute Gasteiger partial charge is 0.364 e. The molecule has 1 N–H and O–H groups in total. The number of hydrogen-bond acceptors (Lipinski definition) is 2. The Morgan fingerprint density at radius 1 is 1.29 bits per heavy atom. The lowest BCUT2D eigenvalue weighted by atomic mass is 9.96. The van der Waals surface area contributed by atoms with Crippen molar-refractivity contribution < 1.29 is 4.39 Å². The van der Waals surface area contributed by atoms with Gasteiger partial charge in [-0.3, -0.25) is 0 Å². The number of alkyl halides is 1. The highest BCUT2D eigenvalue weighted by Gasteiger charge is 2.32. The molecule has 0 radical (unpaired) electrons. The molecule has 1 aromatic carbocycles. The maximum absolute atomic E-state index is 14.0. The molecule has 2 aliphatic heterocycles. The normalized spacial score (nSPS) is 28.9. The molecule has 2 heterocycles. The van der Waals surface area contributed by atoms with E-state index in [1.165, 1.54) is 11.3 Å². The Labute approximate surface area is 102 Å². The van der Waals surface area contributed by atoms with Crippen LogP contribution in [0.15, 0.2) is 24.3 Å². The first-order valence-corrected chi connectivity index (χ1v) is 6.55. The van der Waals surface area contributed by atoms with Crippen LogP contribution in [0.25, 0.3) is 0 Å². The van der Waals surface area contributed by atoms with Crippen LogP contribution in [0.2, 0.25) is 0 Å². The van der Waals surface area contributed by atoms with E-state index in [4.69, 9.17) is 0 Å². The van der Waals surface area contributed by atoms with Crippen LogP contribution in [-0.2, 0) is 6.42 Å². The van der Waals surface area contributed by atoms with Gasteiger partial charge in [0.2, 0.25) is 0 Å². The number of anilines is 1. The van der Waals surface area contributed by atoms with Gasteiger partial charge in [0.05, 0.1) is 6.04 Å². The maximum atomic E-state index is 14.0. The summed E-state index contributed by atoms with van der Waals surface area (Å²) in [6.45, 7) is 2.58. The van der Waals surface area contributed by atoms with Crippen LogP contribution < -0.4 is 10.2 Å². The number of piperidine rings is 1. The van der Waals surface area contributed by atoms with E-state index in [0.717, 1.165) is 32.5 Å². The molecule has 3 rings (SSSR count). The molecule has 3 heteroatoms. The molecular formula is C14H19FN2. The Bertz CT molecular complexity index is 394. The van der Waals surface area contributed by atoms with Crippen LogP contribution in [0, 0.1) is 0 Å². The zero-order valence-corrected chi connectivity index (χ0v) is 10.0. The van der Waals surface area contributed by atoms with Gasteiger partial charge in [-0.15, -0.1) is 0 Å². The fraction of sp³-hybridized carbons (Fsp3) is 0.571. The third-order valence-corrected chi connectivity index (χ3v) is 3.91. The monoisotopic (exact) mass is 234 g/mol. The number of halogens is 1. The van der Waals surface area contributed by atoms with Crippen LogP contribution >= 0.6 is 0 Å². The minimum Gasteiger partial charge on any atom is -0.364 e. The van der Waals surface area contributed by atoms with Gasteiger partial charge in [-0.2, -0.15) is 0 Å². The molecule has 1 saturated heterocycles. The van der Waals surface area contributed by atoms with Crippen molar-refractivity contribution in [3.05, 3.63) is 29.8 Å². The first-order chi connectivity index (χ1) is 8.36. The molecule has 0 amide bonds. The summed E-state index contributed by atoms with van der Waals surface area (Å²) in [5, 5.41) is 3.31. The number of para-hydroxylation sites is 1. The fourth-order valence-electron chi connectivity index (χ4n) is 3.02. The lowest BCUT2D eigenvalue weighted by Crippen LogP contribution is -2.54. The van der Waals surface area contributed by atoms with Gasteiger partial charge in [-0.25, -0.2) is 4.39 Å². The van der Waals surface area contributed by atoms with E-state index >= 15 is 0 Å². The Balaban J connectivity index is 1.89. The molecule has 2 atom stereocenters. The topological polar surface area (TPSA) is 15.3 Å². The molecule has 0 aromatic heterocycles. The van der Waals surface area contributed by atoms with Crippen molar-refractivity contribution in [1.82, 2.24) is 5.32 Å². The molecule has 1 aromatic rings. The van der Waals surface area contributed by atoms with Crippen molar-refractivity contribution >= 4 is 5.69 Å². The Morgan fingerprint density at radius 2 is 2.18 bits per heavy atom. The number of nitrogens with zero attached hydrogens (tertiary/aromatic N) is 1. The highest BCUT2D eigenvalue weighted by molar-refractivity contribution is 5.56. The van der Waals surface area contributed by atoms with Crippen molar-refractivity contribution in [2.75, 3.05) is 24.5 Å². The molecule has 0 bridgehead atoms. The minimum atomic E-state index is -0.692. The number of fused-ring (bicyclic) bond motifs is 1. The van der Waals surface area contributed by atoms with Gasteiger partial charge in [0.15, 0.2) is 0 Å². The van der Waals surface area contributed by atoms with Gasteiger partial charge in [0, 0.05) is 18.8 Å². The second-order valence-corrected chi connectivity index (χ2v) is 5.00. The molecule has 2 aliphatic rings. The van der Waals surface area contributed by atoms with Crippen LogP contribution in [-0.4, -0.2) is 31.8 Å². The molecule has 92 valence electrons. The summed E-state index contributed by atoms with van der Waals surface area (Å²) in [5.74, 6) is 0. The molecule has 0 unspecified atom stereocenters. The Hall–Kier alpha value is -1.09. The zero-order chi connectivity index (χ0) is 11.7. The summed E-state index contributed by atoms with van der Waals surface area (Å²) in [6.07, 6.45) is 2.22. The van der Waals surface area contributed by atoms with Gasteiger partial charge in [-0.05, 0) is 37.4 Å². The van der Waals surface area contributed by atoms with Crippen LogP contribution in [0.4, 0.5) is 10.1 Å². The summed E-state index contributed by atoms with van der Waals surface area (Å²) in [5.41, 5.74) is 2.62. The predicted molar refractivity (Wildman–Crippen MR) is 68.3 cm³/mol. The number of aryl methyl sites for hydroxylation is 1. The summed E-state index contributed by atoms with van der Waals surface area (Å²) < 4.78 is 14.0. The SMILES string of the molecule is F[C@@H]1CCNC[C@@H]1N1CCCc2ccccc21.